The van der Waals surface area contributed by atoms with E-state index in [0.29, 0.717) is 4.91 Å². The molecule has 94 valence electrons. The van der Waals surface area contributed by atoms with Gasteiger partial charge in [-0.15, -0.1) is 0 Å². The van der Waals surface area contributed by atoms with Crippen molar-refractivity contribution >= 4 is 55.7 Å². The fourth-order valence-electron chi connectivity index (χ4n) is 1.92. The highest BCUT2D eigenvalue weighted by Gasteiger charge is 2.25. The monoisotopic (exact) mass is 333 g/mol. The summed E-state index contributed by atoms with van der Waals surface area (Å²) in [6.07, 6.45) is 1.72. The lowest BCUT2D eigenvalue weighted by atomic mass is 10.1. The molecule has 1 N–H and O–H groups in total. The van der Waals surface area contributed by atoms with Gasteiger partial charge in [-0.2, -0.15) is 0 Å². The maximum atomic E-state index is 11.5. The van der Waals surface area contributed by atoms with E-state index in [4.69, 9.17) is 0 Å². The van der Waals surface area contributed by atoms with E-state index in [1.54, 1.807) is 6.08 Å². The summed E-state index contributed by atoms with van der Waals surface area (Å²) in [5.41, 5.74) is 0.881. The highest BCUT2D eigenvalue weighted by atomic mass is 79.9. The van der Waals surface area contributed by atoms with Gasteiger partial charge in [-0.3, -0.25) is 14.9 Å². The van der Waals surface area contributed by atoms with Crippen LogP contribution in [0.25, 0.3) is 16.8 Å². The van der Waals surface area contributed by atoms with E-state index >= 15 is 0 Å². The first kappa shape index (κ1) is 12.4. The lowest BCUT2D eigenvalue weighted by Gasteiger charge is -2.04. The van der Waals surface area contributed by atoms with E-state index < -0.39 is 0 Å². The summed E-state index contributed by atoms with van der Waals surface area (Å²) in [7, 11) is 0. The summed E-state index contributed by atoms with van der Waals surface area (Å²) in [5.74, 6) is -0.338. The molecule has 0 atom stereocenters. The van der Waals surface area contributed by atoms with Crippen LogP contribution in [0, 0.1) is 0 Å². The Balaban J connectivity index is 2.11. The molecule has 0 bridgehead atoms. The summed E-state index contributed by atoms with van der Waals surface area (Å²) < 4.78 is 0.922. The largest absolute Gasteiger partial charge is 0.290 e. The third-order valence-electron chi connectivity index (χ3n) is 2.82. The van der Waals surface area contributed by atoms with Gasteiger partial charge in [0, 0.05) is 4.47 Å². The van der Waals surface area contributed by atoms with Gasteiger partial charge in [0.2, 0.25) is 0 Å². The van der Waals surface area contributed by atoms with Crippen molar-refractivity contribution in [3.8, 4) is 0 Å². The van der Waals surface area contributed by atoms with Gasteiger partial charge in [0.15, 0.2) is 0 Å². The summed E-state index contributed by atoms with van der Waals surface area (Å²) in [5, 5.41) is 4.12. The fraction of sp³-hybridized carbons (Fsp3) is 0. The number of rotatable bonds is 1. The molecule has 2 aromatic rings. The zero-order valence-electron chi connectivity index (χ0n) is 9.64. The number of fused-ring (bicyclic) bond motifs is 1. The molecule has 1 saturated heterocycles. The van der Waals surface area contributed by atoms with Gasteiger partial charge in [0.05, 0.1) is 4.91 Å². The maximum Gasteiger partial charge on any atom is 0.290 e. The Morgan fingerprint density at radius 2 is 1.89 bits per heavy atom. The molecular formula is C14H8BrNO2S. The lowest BCUT2D eigenvalue weighted by Crippen LogP contribution is -2.17. The van der Waals surface area contributed by atoms with Crippen molar-refractivity contribution in [3.05, 3.63) is 51.3 Å². The van der Waals surface area contributed by atoms with Crippen molar-refractivity contribution in [3.63, 3.8) is 0 Å². The van der Waals surface area contributed by atoms with Crippen LogP contribution in [0.2, 0.25) is 0 Å². The predicted molar refractivity (Wildman–Crippen MR) is 80.8 cm³/mol. The van der Waals surface area contributed by atoms with Gasteiger partial charge in [-0.05, 0) is 50.1 Å². The van der Waals surface area contributed by atoms with Crippen LogP contribution in [0.3, 0.4) is 0 Å². The molecule has 1 fully saturated rings. The number of amides is 2. The Morgan fingerprint density at radius 3 is 2.63 bits per heavy atom. The third-order valence-corrected chi connectivity index (χ3v) is 4.52. The maximum absolute atomic E-state index is 11.5. The second kappa shape index (κ2) is 4.83. The molecule has 2 amide bonds. The van der Waals surface area contributed by atoms with E-state index in [0.717, 1.165) is 32.6 Å². The van der Waals surface area contributed by atoms with Crippen LogP contribution in [0.1, 0.15) is 5.56 Å². The van der Waals surface area contributed by atoms with Crippen molar-refractivity contribution in [2.75, 3.05) is 0 Å². The van der Waals surface area contributed by atoms with Crippen LogP contribution in [0.4, 0.5) is 4.79 Å². The number of hydrogen-bond donors (Lipinski definition) is 1. The van der Waals surface area contributed by atoms with Crippen LogP contribution in [0.15, 0.2) is 45.8 Å². The van der Waals surface area contributed by atoms with Gasteiger partial charge in [-0.25, -0.2) is 0 Å². The molecule has 0 unspecified atom stereocenters. The topological polar surface area (TPSA) is 46.2 Å². The van der Waals surface area contributed by atoms with Gasteiger partial charge in [-0.1, -0.05) is 36.4 Å². The van der Waals surface area contributed by atoms with E-state index in [9.17, 15) is 9.59 Å². The SMILES string of the molecule is O=C1NC(=O)C(=Cc2ccc3ccccc3c2Br)S1. The number of thioether (sulfide) groups is 1. The zero-order valence-corrected chi connectivity index (χ0v) is 12.0. The number of imide groups is 1. The lowest BCUT2D eigenvalue weighted by molar-refractivity contribution is -0.115. The van der Waals surface area contributed by atoms with E-state index in [2.05, 4.69) is 21.2 Å². The molecule has 2 aromatic carbocycles. The van der Waals surface area contributed by atoms with Crippen LogP contribution in [0.5, 0.6) is 0 Å². The first-order valence-electron chi connectivity index (χ1n) is 5.57. The molecule has 5 heteroatoms. The van der Waals surface area contributed by atoms with Gasteiger partial charge in [0.25, 0.3) is 11.1 Å². The summed E-state index contributed by atoms with van der Waals surface area (Å²) in [6, 6.07) is 11.9. The minimum atomic E-state index is -0.338. The molecule has 1 heterocycles. The number of hydrogen-bond acceptors (Lipinski definition) is 3. The second-order valence-electron chi connectivity index (χ2n) is 4.04. The van der Waals surface area contributed by atoms with E-state index in [1.807, 2.05) is 36.4 Å². The summed E-state index contributed by atoms with van der Waals surface area (Å²) >= 11 is 4.48. The van der Waals surface area contributed by atoms with Crippen molar-refractivity contribution < 1.29 is 9.59 Å². The van der Waals surface area contributed by atoms with Crippen molar-refractivity contribution in [2.24, 2.45) is 0 Å². The quantitative estimate of drug-likeness (QED) is 0.804. The molecule has 0 radical (unpaired) electrons. The second-order valence-corrected chi connectivity index (χ2v) is 5.85. The fourth-order valence-corrected chi connectivity index (χ4v) is 3.20. The molecule has 3 rings (SSSR count). The molecule has 1 aliphatic heterocycles. The standard InChI is InChI=1S/C14H8BrNO2S/c15-12-9(7-11-13(17)16-14(18)19-11)6-5-8-3-1-2-4-10(8)12/h1-7H,(H,16,17,18). The zero-order chi connectivity index (χ0) is 13.4. The number of benzene rings is 2. The van der Waals surface area contributed by atoms with Gasteiger partial charge >= 0.3 is 0 Å². The van der Waals surface area contributed by atoms with E-state index in [1.165, 1.54) is 0 Å². The normalized spacial score (nSPS) is 17.2. The molecule has 19 heavy (non-hydrogen) atoms. The minimum absolute atomic E-state index is 0.326. The highest BCUT2D eigenvalue weighted by molar-refractivity contribution is 9.10. The molecule has 0 saturated carbocycles. The molecule has 1 aliphatic rings. The number of carbonyl (C=O) groups excluding carboxylic acids is 2. The Bertz CT molecular complexity index is 739. The molecule has 0 aliphatic carbocycles. The Morgan fingerprint density at radius 1 is 1.11 bits per heavy atom. The van der Waals surface area contributed by atoms with Crippen LogP contribution in [-0.4, -0.2) is 11.1 Å². The smallest absolute Gasteiger partial charge is 0.282 e. The van der Waals surface area contributed by atoms with Gasteiger partial charge < -0.3 is 0 Å². The minimum Gasteiger partial charge on any atom is -0.282 e. The molecular weight excluding hydrogens is 326 g/mol. The van der Waals surface area contributed by atoms with Crippen molar-refractivity contribution in [1.29, 1.82) is 0 Å². The van der Waals surface area contributed by atoms with Crippen LogP contribution in [-0.2, 0) is 4.79 Å². The van der Waals surface area contributed by atoms with Crippen molar-refractivity contribution in [1.82, 2.24) is 5.32 Å². The summed E-state index contributed by atoms with van der Waals surface area (Å²) in [6.45, 7) is 0. The number of halogens is 1. The predicted octanol–water partition coefficient (Wildman–Crippen LogP) is 3.93. The Hall–Kier alpha value is -1.59. The average Bonchev–Trinajstić information content (AvgIpc) is 2.72. The first-order valence-corrected chi connectivity index (χ1v) is 7.18. The van der Waals surface area contributed by atoms with Gasteiger partial charge in [0.1, 0.15) is 0 Å². The van der Waals surface area contributed by atoms with Crippen LogP contribution >= 0.6 is 27.7 Å². The molecule has 0 aromatic heterocycles. The van der Waals surface area contributed by atoms with Crippen molar-refractivity contribution in [2.45, 2.75) is 0 Å². The molecule has 0 spiro atoms. The third kappa shape index (κ3) is 2.31. The average molecular weight is 334 g/mol. The summed E-state index contributed by atoms with van der Waals surface area (Å²) in [4.78, 5) is 23.1. The Kier molecular flexibility index (Phi) is 3.16. The Labute approximate surface area is 122 Å². The number of nitrogens with one attached hydrogen (secondary N) is 1. The van der Waals surface area contributed by atoms with Crippen LogP contribution < -0.4 is 5.32 Å². The molecule has 3 nitrogen and oxygen atoms in total. The highest BCUT2D eigenvalue weighted by Crippen LogP contribution is 2.32. The van der Waals surface area contributed by atoms with E-state index in [-0.39, 0.29) is 11.1 Å². The first-order chi connectivity index (χ1) is 9.15. The number of carbonyl (C=O) groups is 2.